The molecule has 2 nitrogen and oxygen atoms in total. The number of hydrogen-bond donors (Lipinski definition) is 1. The molecule has 0 heterocycles. The lowest BCUT2D eigenvalue weighted by Gasteiger charge is -2.28. The molecule has 0 aromatic heterocycles. The van der Waals surface area contributed by atoms with E-state index in [4.69, 9.17) is 10.5 Å². The summed E-state index contributed by atoms with van der Waals surface area (Å²) in [5.74, 6) is 1.53. The lowest BCUT2D eigenvalue weighted by atomic mass is 9.81. The fourth-order valence-corrected chi connectivity index (χ4v) is 3.32. The normalized spacial score (nSPS) is 16.4. The highest BCUT2D eigenvalue weighted by atomic mass is 35.5. The summed E-state index contributed by atoms with van der Waals surface area (Å²) in [5.41, 5.74) is 8.88. The first-order chi connectivity index (χ1) is 10.8. The van der Waals surface area contributed by atoms with E-state index in [0.29, 0.717) is 12.5 Å². The Kier molecular flexibility index (Phi) is 6.94. The highest BCUT2D eigenvalue weighted by Crippen LogP contribution is 2.33. The van der Waals surface area contributed by atoms with Crippen molar-refractivity contribution in [2.24, 2.45) is 11.7 Å². The van der Waals surface area contributed by atoms with Gasteiger partial charge in [0.1, 0.15) is 12.4 Å². The van der Waals surface area contributed by atoms with E-state index in [9.17, 15) is 0 Å². The Labute approximate surface area is 145 Å². The van der Waals surface area contributed by atoms with Crippen molar-refractivity contribution in [1.29, 1.82) is 0 Å². The van der Waals surface area contributed by atoms with E-state index in [2.05, 4.69) is 30.3 Å². The Morgan fingerprint density at radius 3 is 2.43 bits per heavy atom. The third-order valence-corrected chi connectivity index (χ3v) is 4.65. The predicted octanol–water partition coefficient (Wildman–Crippen LogP) is 5.27. The molecule has 3 heteroatoms. The standard InChI is InChI=1S/C20H25NO.ClH/c21-20(17-10-5-2-6-11-17)18-12-7-13-19(14-18)22-15-16-8-3-1-4-9-16;/h1,3-4,7-9,12-14,17,20H,2,5-6,10-11,15,21H2;1H/t20-;/m1./s1. The Hall–Kier alpha value is -1.51. The minimum absolute atomic E-state index is 0. The third-order valence-electron chi connectivity index (χ3n) is 4.65. The molecule has 1 saturated carbocycles. The Bertz CT molecular complexity index is 581. The van der Waals surface area contributed by atoms with Crippen molar-refractivity contribution in [1.82, 2.24) is 0 Å². The van der Waals surface area contributed by atoms with E-state index in [1.54, 1.807) is 0 Å². The van der Waals surface area contributed by atoms with Gasteiger partial charge in [-0.1, -0.05) is 61.7 Å². The van der Waals surface area contributed by atoms with Gasteiger partial charge in [0.25, 0.3) is 0 Å². The first kappa shape index (κ1) is 17.8. The van der Waals surface area contributed by atoms with Crippen LogP contribution in [0.1, 0.15) is 49.3 Å². The molecule has 2 aromatic carbocycles. The van der Waals surface area contributed by atoms with Crippen LogP contribution in [0.3, 0.4) is 0 Å². The maximum Gasteiger partial charge on any atom is 0.120 e. The molecule has 0 saturated heterocycles. The first-order valence-corrected chi connectivity index (χ1v) is 8.35. The molecule has 0 bridgehead atoms. The summed E-state index contributed by atoms with van der Waals surface area (Å²) in [5, 5.41) is 0. The summed E-state index contributed by atoms with van der Waals surface area (Å²) in [4.78, 5) is 0. The molecule has 0 spiro atoms. The van der Waals surface area contributed by atoms with Gasteiger partial charge >= 0.3 is 0 Å². The molecule has 0 unspecified atom stereocenters. The maximum absolute atomic E-state index is 6.49. The Balaban J connectivity index is 0.00000192. The minimum atomic E-state index is 0. The van der Waals surface area contributed by atoms with E-state index < -0.39 is 0 Å². The zero-order valence-electron chi connectivity index (χ0n) is 13.5. The van der Waals surface area contributed by atoms with E-state index >= 15 is 0 Å². The largest absolute Gasteiger partial charge is 0.489 e. The van der Waals surface area contributed by atoms with Crippen molar-refractivity contribution in [3.63, 3.8) is 0 Å². The molecular weight excluding hydrogens is 306 g/mol. The maximum atomic E-state index is 6.49. The lowest BCUT2D eigenvalue weighted by molar-refractivity contribution is 0.298. The molecule has 1 atom stereocenters. The summed E-state index contributed by atoms with van der Waals surface area (Å²) < 4.78 is 5.91. The quantitative estimate of drug-likeness (QED) is 0.810. The molecule has 1 aliphatic carbocycles. The molecule has 3 rings (SSSR count). The van der Waals surface area contributed by atoms with Crippen LogP contribution in [0.5, 0.6) is 5.75 Å². The van der Waals surface area contributed by atoms with Crippen molar-refractivity contribution in [2.45, 2.75) is 44.8 Å². The molecule has 2 aromatic rings. The third kappa shape index (κ3) is 4.98. The number of benzene rings is 2. The van der Waals surface area contributed by atoms with Gasteiger partial charge in [-0.15, -0.1) is 12.4 Å². The molecule has 124 valence electrons. The smallest absolute Gasteiger partial charge is 0.120 e. The summed E-state index contributed by atoms with van der Waals surface area (Å²) in [6.07, 6.45) is 6.53. The van der Waals surface area contributed by atoms with Gasteiger partial charge in [-0.25, -0.2) is 0 Å². The molecule has 1 aliphatic rings. The summed E-state index contributed by atoms with van der Waals surface area (Å²) >= 11 is 0. The minimum Gasteiger partial charge on any atom is -0.489 e. The van der Waals surface area contributed by atoms with E-state index in [-0.39, 0.29) is 18.4 Å². The topological polar surface area (TPSA) is 35.2 Å². The van der Waals surface area contributed by atoms with Crippen LogP contribution in [-0.4, -0.2) is 0 Å². The van der Waals surface area contributed by atoms with Crippen molar-refractivity contribution in [3.8, 4) is 5.75 Å². The van der Waals surface area contributed by atoms with Crippen molar-refractivity contribution in [3.05, 3.63) is 65.7 Å². The van der Waals surface area contributed by atoms with Crippen LogP contribution in [0.15, 0.2) is 54.6 Å². The van der Waals surface area contributed by atoms with E-state index in [1.165, 1.54) is 43.2 Å². The van der Waals surface area contributed by atoms with Crippen molar-refractivity contribution >= 4 is 12.4 Å². The van der Waals surface area contributed by atoms with Crippen molar-refractivity contribution in [2.75, 3.05) is 0 Å². The van der Waals surface area contributed by atoms with Crippen LogP contribution >= 0.6 is 12.4 Å². The average molecular weight is 332 g/mol. The number of ether oxygens (including phenoxy) is 1. The zero-order valence-corrected chi connectivity index (χ0v) is 14.3. The van der Waals surface area contributed by atoms with Crippen LogP contribution in [0, 0.1) is 5.92 Å². The highest BCUT2D eigenvalue weighted by Gasteiger charge is 2.21. The van der Waals surface area contributed by atoms with Gasteiger partial charge in [0.05, 0.1) is 0 Å². The van der Waals surface area contributed by atoms with E-state index in [0.717, 1.165) is 5.75 Å². The SMILES string of the molecule is Cl.N[C@@H](c1cccc(OCc2ccccc2)c1)C1CCCCC1. The second kappa shape index (κ2) is 8.95. The van der Waals surface area contributed by atoms with Gasteiger partial charge in [-0.3, -0.25) is 0 Å². The van der Waals surface area contributed by atoms with Gasteiger partial charge in [-0.2, -0.15) is 0 Å². The number of halogens is 1. The van der Waals surface area contributed by atoms with Gasteiger partial charge in [0, 0.05) is 6.04 Å². The summed E-state index contributed by atoms with van der Waals surface area (Å²) in [6.45, 7) is 0.600. The van der Waals surface area contributed by atoms with E-state index in [1.807, 2.05) is 24.3 Å². The second-order valence-corrected chi connectivity index (χ2v) is 6.27. The Morgan fingerprint density at radius 1 is 0.957 bits per heavy atom. The number of rotatable bonds is 5. The van der Waals surface area contributed by atoms with Gasteiger partial charge < -0.3 is 10.5 Å². The van der Waals surface area contributed by atoms with Crippen LogP contribution in [-0.2, 0) is 6.61 Å². The predicted molar refractivity (Wildman–Crippen MR) is 98.0 cm³/mol. The number of nitrogens with two attached hydrogens (primary N) is 1. The first-order valence-electron chi connectivity index (χ1n) is 8.35. The van der Waals surface area contributed by atoms with Gasteiger partial charge in [0.15, 0.2) is 0 Å². The fraction of sp³-hybridized carbons (Fsp3) is 0.400. The monoisotopic (exact) mass is 331 g/mol. The molecule has 2 N–H and O–H groups in total. The van der Waals surface area contributed by atoms with Crippen LogP contribution in [0.2, 0.25) is 0 Å². The zero-order chi connectivity index (χ0) is 15.2. The fourth-order valence-electron chi connectivity index (χ4n) is 3.32. The Morgan fingerprint density at radius 2 is 1.70 bits per heavy atom. The van der Waals surface area contributed by atoms with Gasteiger partial charge in [0.2, 0.25) is 0 Å². The molecule has 0 aliphatic heterocycles. The molecule has 23 heavy (non-hydrogen) atoms. The second-order valence-electron chi connectivity index (χ2n) is 6.27. The average Bonchev–Trinajstić information content (AvgIpc) is 2.61. The summed E-state index contributed by atoms with van der Waals surface area (Å²) in [7, 11) is 0. The van der Waals surface area contributed by atoms with Crippen LogP contribution in [0.4, 0.5) is 0 Å². The van der Waals surface area contributed by atoms with Crippen molar-refractivity contribution < 1.29 is 4.74 Å². The molecule has 1 fully saturated rings. The molecule has 0 radical (unpaired) electrons. The lowest BCUT2D eigenvalue weighted by Crippen LogP contribution is -2.23. The molecular formula is C20H26ClNO. The highest BCUT2D eigenvalue weighted by molar-refractivity contribution is 5.85. The van der Waals surface area contributed by atoms with Crippen LogP contribution < -0.4 is 10.5 Å². The number of hydrogen-bond acceptors (Lipinski definition) is 2. The van der Waals surface area contributed by atoms with Gasteiger partial charge in [-0.05, 0) is 42.0 Å². The molecule has 0 amide bonds. The van der Waals surface area contributed by atoms with Crippen LogP contribution in [0.25, 0.3) is 0 Å². The summed E-state index contributed by atoms with van der Waals surface area (Å²) in [6, 6.07) is 18.7.